The summed E-state index contributed by atoms with van der Waals surface area (Å²) in [5, 5.41) is 0. The molecule has 0 heterocycles. The molecular weight excluding hydrogens is 977 g/mol. The van der Waals surface area contributed by atoms with Gasteiger partial charge in [-0.3, -0.25) is 0 Å². The number of carbonyl (C=O) groups excluding carboxylic acids is 5. The molecule has 0 aromatic rings. The molecule has 0 N–H and O–H groups in total. The fourth-order valence-electron chi connectivity index (χ4n) is 7.74. The Hall–Kier alpha value is -3.95. The van der Waals surface area contributed by atoms with Gasteiger partial charge in [0.25, 0.3) is 0 Å². The van der Waals surface area contributed by atoms with Gasteiger partial charge < -0.3 is 23.7 Å². The average molecular weight is 1100 g/mol. The summed E-state index contributed by atoms with van der Waals surface area (Å²) in [6, 6.07) is 0. The zero-order valence-corrected chi connectivity index (χ0v) is 52.1. The van der Waals surface area contributed by atoms with E-state index in [4.69, 9.17) is 23.7 Å². The van der Waals surface area contributed by atoms with Crippen LogP contribution in [0.15, 0.2) is 63.3 Å². The summed E-state index contributed by atoms with van der Waals surface area (Å²) < 4.78 is 24.3. The molecule has 0 amide bonds. The van der Waals surface area contributed by atoms with Gasteiger partial charge in [-0.15, -0.1) is 0 Å². The standard InChI is InChI=1S/C21H40O2.C15H28O2.C13H24O2.C11H20O2.C8H14O2/c1-3-5-6-7-8-9-10-11-12-13-14-15-16-17-18-19-20-23-21(22)4-2;1-3-5-6-7-8-9-10-11-12-13-14-17-15(16)4-2;1-3-5-6-7-8-9-10-11-12-15-13(14)4-2;1-3-5-6-7-8-9-10-13-11(12)4-2;1-4-8(9)10-6-5-7(2)3/h4H,2-3,5-20H2,1H3;4H,2-3,5-14H2,1H3;4H,2-3,5-12H2,1H3;4H,2-3,5-10H2,1H3;4,7H,1,5-6H2,2-3H3. The number of hydrogen-bond acceptors (Lipinski definition) is 10. The van der Waals surface area contributed by atoms with Crippen molar-refractivity contribution in [3.05, 3.63) is 63.3 Å². The Balaban J connectivity index is -0.000000292. The van der Waals surface area contributed by atoms with E-state index in [2.05, 4.69) is 74.4 Å². The maximum absolute atomic E-state index is 10.8. The van der Waals surface area contributed by atoms with Gasteiger partial charge in [0, 0.05) is 30.4 Å². The van der Waals surface area contributed by atoms with Gasteiger partial charge in [-0.2, -0.15) is 0 Å². The minimum atomic E-state index is -0.333. The van der Waals surface area contributed by atoms with Crippen molar-refractivity contribution in [3.63, 3.8) is 0 Å². The van der Waals surface area contributed by atoms with Crippen molar-refractivity contribution in [1.29, 1.82) is 0 Å². The summed E-state index contributed by atoms with van der Waals surface area (Å²) in [4.78, 5) is 53.3. The van der Waals surface area contributed by atoms with Gasteiger partial charge in [-0.25, -0.2) is 24.0 Å². The fraction of sp³-hybridized carbons (Fsp3) is 0.779. The molecule has 10 heteroatoms. The van der Waals surface area contributed by atoms with Crippen molar-refractivity contribution in [2.45, 2.75) is 305 Å². The first-order valence-corrected chi connectivity index (χ1v) is 31.9. The number of carbonyl (C=O) groups is 5. The molecular formula is C68H126O10. The largest absolute Gasteiger partial charge is 0.463 e. The molecule has 0 aliphatic carbocycles. The van der Waals surface area contributed by atoms with E-state index in [9.17, 15) is 24.0 Å². The van der Waals surface area contributed by atoms with Crippen LogP contribution in [0.2, 0.25) is 0 Å². The van der Waals surface area contributed by atoms with Crippen molar-refractivity contribution in [2.75, 3.05) is 33.0 Å². The summed E-state index contributed by atoms with van der Waals surface area (Å²) in [5.41, 5.74) is 0. The molecule has 0 rings (SSSR count). The minimum absolute atomic E-state index is 0.300. The Labute approximate surface area is 482 Å². The zero-order chi connectivity index (χ0) is 59.1. The first-order valence-electron chi connectivity index (χ1n) is 31.9. The number of ether oxygens (including phenoxy) is 5. The zero-order valence-electron chi connectivity index (χ0n) is 52.1. The minimum Gasteiger partial charge on any atom is -0.463 e. The summed E-state index contributed by atoms with van der Waals surface area (Å²) in [6.07, 6.45) is 59.0. The van der Waals surface area contributed by atoms with Crippen LogP contribution in [0.5, 0.6) is 0 Å². The van der Waals surface area contributed by atoms with E-state index in [0.29, 0.717) is 39.0 Å². The van der Waals surface area contributed by atoms with Crippen molar-refractivity contribution in [2.24, 2.45) is 5.92 Å². The molecule has 0 spiro atoms. The van der Waals surface area contributed by atoms with E-state index < -0.39 is 0 Å². The van der Waals surface area contributed by atoms with Crippen LogP contribution >= 0.6 is 0 Å². The lowest BCUT2D eigenvalue weighted by atomic mass is 10.0. The maximum atomic E-state index is 10.8. The van der Waals surface area contributed by atoms with E-state index in [1.807, 2.05) is 0 Å². The molecule has 0 atom stereocenters. The number of esters is 5. The highest BCUT2D eigenvalue weighted by molar-refractivity contribution is 5.82. The Morgan fingerprint density at radius 3 is 0.538 bits per heavy atom. The third-order valence-corrected chi connectivity index (χ3v) is 12.7. The predicted molar refractivity (Wildman–Crippen MR) is 333 cm³/mol. The third kappa shape index (κ3) is 88.7. The Morgan fingerprint density at radius 2 is 0.397 bits per heavy atom. The van der Waals surface area contributed by atoms with Crippen molar-refractivity contribution >= 4 is 29.8 Å². The van der Waals surface area contributed by atoms with Crippen LogP contribution in [-0.2, 0) is 47.7 Å². The van der Waals surface area contributed by atoms with Gasteiger partial charge in [0.05, 0.1) is 33.0 Å². The predicted octanol–water partition coefficient (Wildman–Crippen LogP) is 20.3. The van der Waals surface area contributed by atoms with Crippen LogP contribution in [-0.4, -0.2) is 62.9 Å². The van der Waals surface area contributed by atoms with Crippen LogP contribution in [0.4, 0.5) is 0 Å². The van der Waals surface area contributed by atoms with Crippen LogP contribution in [0.25, 0.3) is 0 Å². The Kier molecular flexibility index (Phi) is 82.1. The van der Waals surface area contributed by atoms with E-state index in [1.165, 1.54) is 249 Å². The maximum Gasteiger partial charge on any atom is 0.330 e. The molecule has 0 unspecified atom stereocenters. The first kappa shape index (κ1) is 82.9. The highest BCUT2D eigenvalue weighted by atomic mass is 16.5. The second-order valence-corrected chi connectivity index (χ2v) is 20.8. The van der Waals surface area contributed by atoms with E-state index in [1.54, 1.807) is 0 Å². The molecule has 78 heavy (non-hydrogen) atoms. The summed E-state index contributed by atoms with van der Waals surface area (Å²) in [7, 11) is 0. The smallest absolute Gasteiger partial charge is 0.330 e. The van der Waals surface area contributed by atoms with Gasteiger partial charge in [0.1, 0.15) is 0 Å². The summed E-state index contributed by atoms with van der Waals surface area (Å²) in [5.74, 6) is -0.975. The van der Waals surface area contributed by atoms with Gasteiger partial charge in [0.15, 0.2) is 0 Å². The van der Waals surface area contributed by atoms with Crippen LogP contribution in [0.3, 0.4) is 0 Å². The Bertz CT molecular complexity index is 1320. The lowest BCUT2D eigenvalue weighted by Crippen LogP contribution is -2.03. The quantitative estimate of drug-likeness (QED) is 0.0251. The second-order valence-electron chi connectivity index (χ2n) is 20.8. The summed E-state index contributed by atoms with van der Waals surface area (Å²) >= 11 is 0. The molecule has 0 radical (unpaired) electrons. The topological polar surface area (TPSA) is 132 Å². The molecule has 0 aromatic heterocycles. The van der Waals surface area contributed by atoms with Gasteiger partial charge in [-0.1, -0.05) is 306 Å². The van der Waals surface area contributed by atoms with Gasteiger partial charge in [0.2, 0.25) is 0 Å². The lowest BCUT2D eigenvalue weighted by Gasteiger charge is -2.04. The van der Waals surface area contributed by atoms with Crippen molar-refractivity contribution in [3.8, 4) is 0 Å². The Morgan fingerprint density at radius 1 is 0.256 bits per heavy atom. The van der Waals surface area contributed by atoms with Crippen LogP contribution < -0.4 is 0 Å². The molecule has 0 aliphatic rings. The first-order chi connectivity index (χ1) is 37.9. The van der Waals surface area contributed by atoms with Gasteiger partial charge in [-0.05, 0) is 38.0 Å². The summed E-state index contributed by atoms with van der Waals surface area (Å²) in [6.45, 7) is 32.5. The SMILES string of the molecule is C=CC(=O)OCCC(C)C.C=CC(=O)OCCCCCCCC.C=CC(=O)OCCCCCCCCCC.C=CC(=O)OCCCCCCCCCCCC.C=CC(=O)OCCCCCCCCCCCCCCCCCC. The van der Waals surface area contributed by atoms with E-state index in [-0.39, 0.29) is 29.8 Å². The molecule has 458 valence electrons. The molecule has 0 aliphatic heterocycles. The number of rotatable bonds is 52. The van der Waals surface area contributed by atoms with E-state index in [0.717, 1.165) is 44.9 Å². The highest BCUT2D eigenvalue weighted by Crippen LogP contribution is 2.15. The fourth-order valence-corrected chi connectivity index (χ4v) is 7.74. The highest BCUT2D eigenvalue weighted by Gasteiger charge is 2.01. The molecule has 10 nitrogen and oxygen atoms in total. The molecule has 0 fully saturated rings. The van der Waals surface area contributed by atoms with Crippen LogP contribution in [0.1, 0.15) is 305 Å². The van der Waals surface area contributed by atoms with E-state index >= 15 is 0 Å². The average Bonchev–Trinajstić information content (AvgIpc) is 3.44. The second kappa shape index (κ2) is 77.3. The molecule has 0 saturated carbocycles. The third-order valence-electron chi connectivity index (χ3n) is 12.7. The monoisotopic (exact) mass is 1100 g/mol. The lowest BCUT2D eigenvalue weighted by molar-refractivity contribution is -0.138. The molecule has 0 bridgehead atoms. The molecule has 0 saturated heterocycles. The number of hydrogen-bond donors (Lipinski definition) is 0. The van der Waals surface area contributed by atoms with Gasteiger partial charge >= 0.3 is 29.8 Å². The van der Waals surface area contributed by atoms with Crippen molar-refractivity contribution in [1.82, 2.24) is 0 Å². The van der Waals surface area contributed by atoms with Crippen LogP contribution in [0, 0.1) is 5.92 Å². The normalized spacial score (nSPS) is 10.1. The number of unbranched alkanes of at least 4 members (excludes halogenated alkanes) is 36. The van der Waals surface area contributed by atoms with Crippen molar-refractivity contribution < 1.29 is 47.7 Å². The molecule has 0 aromatic carbocycles.